The number of rotatable bonds is 4. The number of hydrogen-bond acceptors (Lipinski definition) is 2. The summed E-state index contributed by atoms with van der Waals surface area (Å²) >= 11 is 0. The highest BCUT2D eigenvalue weighted by Gasteiger charge is 2.09. The lowest BCUT2D eigenvalue weighted by Gasteiger charge is -2.18. The molecule has 0 atom stereocenters. The molecule has 0 aliphatic heterocycles. The van der Waals surface area contributed by atoms with Gasteiger partial charge in [-0.25, -0.2) is 4.79 Å². The van der Waals surface area contributed by atoms with E-state index in [1.54, 1.807) is 24.1 Å². The van der Waals surface area contributed by atoms with E-state index in [0.29, 0.717) is 18.7 Å². The highest BCUT2D eigenvalue weighted by molar-refractivity contribution is 5.73. The van der Waals surface area contributed by atoms with Crippen LogP contribution in [0.3, 0.4) is 0 Å². The molecule has 112 valence electrons. The zero-order valence-corrected chi connectivity index (χ0v) is 12.8. The van der Waals surface area contributed by atoms with E-state index in [1.807, 2.05) is 43.3 Å². The molecular formula is C18H19N3O. The minimum atomic E-state index is -0.118. The third-order valence-corrected chi connectivity index (χ3v) is 3.54. The van der Waals surface area contributed by atoms with E-state index in [0.717, 1.165) is 16.7 Å². The van der Waals surface area contributed by atoms with Gasteiger partial charge in [0.15, 0.2) is 0 Å². The van der Waals surface area contributed by atoms with Gasteiger partial charge in [0.05, 0.1) is 11.6 Å². The Bertz CT molecular complexity index is 686. The van der Waals surface area contributed by atoms with Crippen molar-refractivity contribution < 1.29 is 4.79 Å². The number of benzene rings is 2. The molecule has 0 unspecified atom stereocenters. The van der Waals surface area contributed by atoms with Crippen molar-refractivity contribution in [3.8, 4) is 6.07 Å². The van der Waals surface area contributed by atoms with Crippen molar-refractivity contribution in [3.05, 3.63) is 70.8 Å². The number of hydrogen-bond donors (Lipinski definition) is 1. The number of carbonyl (C=O) groups is 1. The van der Waals surface area contributed by atoms with Crippen molar-refractivity contribution in [3.63, 3.8) is 0 Å². The zero-order chi connectivity index (χ0) is 15.9. The molecule has 2 aromatic rings. The second-order valence-electron chi connectivity index (χ2n) is 5.25. The summed E-state index contributed by atoms with van der Waals surface area (Å²) in [5, 5.41) is 11.7. The third kappa shape index (κ3) is 4.10. The van der Waals surface area contributed by atoms with E-state index in [1.165, 1.54) is 0 Å². The summed E-state index contributed by atoms with van der Waals surface area (Å²) in [6, 6.07) is 17.2. The zero-order valence-electron chi connectivity index (χ0n) is 12.8. The normalized spacial score (nSPS) is 9.86. The molecule has 0 radical (unpaired) electrons. The number of urea groups is 1. The molecule has 0 saturated heterocycles. The molecule has 0 aliphatic carbocycles. The Kier molecular flexibility index (Phi) is 5.16. The molecule has 2 rings (SSSR count). The van der Waals surface area contributed by atoms with Crippen LogP contribution in [-0.2, 0) is 13.1 Å². The minimum absolute atomic E-state index is 0.118. The SMILES string of the molecule is Cc1ccccc1CNC(=O)N(C)Cc1ccc(C#N)cc1. The molecule has 2 aromatic carbocycles. The second-order valence-corrected chi connectivity index (χ2v) is 5.25. The van der Waals surface area contributed by atoms with Crippen LogP contribution in [0.4, 0.5) is 4.79 Å². The highest BCUT2D eigenvalue weighted by atomic mass is 16.2. The van der Waals surface area contributed by atoms with E-state index < -0.39 is 0 Å². The lowest BCUT2D eigenvalue weighted by Crippen LogP contribution is -2.36. The first-order chi connectivity index (χ1) is 10.6. The van der Waals surface area contributed by atoms with Crippen molar-refractivity contribution in [1.82, 2.24) is 10.2 Å². The number of nitriles is 1. The molecule has 2 amide bonds. The van der Waals surface area contributed by atoms with E-state index in [-0.39, 0.29) is 6.03 Å². The highest BCUT2D eigenvalue weighted by Crippen LogP contribution is 2.08. The molecule has 4 nitrogen and oxygen atoms in total. The maximum atomic E-state index is 12.1. The number of nitrogens with zero attached hydrogens (tertiary/aromatic N) is 2. The van der Waals surface area contributed by atoms with Crippen molar-refractivity contribution in [2.75, 3.05) is 7.05 Å². The van der Waals surface area contributed by atoms with Gasteiger partial charge < -0.3 is 10.2 Å². The van der Waals surface area contributed by atoms with E-state index in [4.69, 9.17) is 5.26 Å². The largest absolute Gasteiger partial charge is 0.334 e. The molecular weight excluding hydrogens is 274 g/mol. The van der Waals surface area contributed by atoms with Gasteiger partial charge in [-0.2, -0.15) is 5.26 Å². The van der Waals surface area contributed by atoms with Crippen LogP contribution in [0.5, 0.6) is 0 Å². The predicted octanol–water partition coefficient (Wildman–Crippen LogP) is 3.21. The maximum Gasteiger partial charge on any atom is 0.317 e. The van der Waals surface area contributed by atoms with Crippen molar-refractivity contribution in [2.24, 2.45) is 0 Å². The molecule has 4 heteroatoms. The van der Waals surface area contributed by atoms with Gasteiger partial charge in [-0.3, -0.25) is 0 Å². The Morgan fingerprint density at radius 1 is 1.18 bits per heavy atom. The number of nitrogens with one attached hydrogen (secondary N) is 1. The fraction of sp³-hybridized carbons (Fsp3) is 0.222. The first kappa shape index (κ1) is 15.6. The first-order valence-electron chi connectivity index (χ1n) is 7.12. The minimum Gasteiger partial charge on any atom is -0.334 e. The maximum absolute atomic E-state index is 12.1. The molecule has 1 N–H and O–H groups in total. The van der Waals surface area contributed by atoms with Gasteiger partial charge in [0.1, 0.15) is 0 Å². The van der Waals surface area contributed by atoms with Crippen LogP contribution >= 0.6 is 0 Å². The smallest absolute Gasteiger partial charge is 0.317 e. The molecule has 22 heavy (non-hydrogen) atoms. The van der Waals surface area contributed by atoms with Gasteiger partial charge in [-0.15, -0.1) is 0 Å². The summed E-state index contributed by atoms with van der Waals surface area (Å²) in [6.07, 6.45) is 0. The van der Waals surface area contributed by atoms with Crippen molar-refractivity contribution >= 4 is 6.03 Å². The topological polar surface area (TPSA) is 56.1 Å². The molecule has 0 aliphatic rings. The Morgan fingerprint density at radius 2 is 1.86 bits per heavy atom. The fourth-order valence-electron chi connectivity index (χ4n) is 2.14. The number of amides is 2. The Morgan fingerprint density at radius 3 is 2.50 bits per heavy atom. The van der Waals surface area contributed by atoms with Crippen LogP contribution in [0.15, 0.2) is 48.5 Å². The number of aryl methyl sites for hydroxylation is 1. The summed E-state index contributed by atoms with van der Waals surface area (Å²) in [4.78, 5) is 13.7. The Balaban J connectivity index is 1.89. The average molecular weight is 293 g/mol. The summed E-state index contributed by atoms with van der Waals surface area (Å²) in [7, 11) is 1.76. The quantitative estimate of drug-likeness (QED) is 0.941. The molecule has 0 fully saturated rings. The van der Waals surface area contributed by atoms with Crippen LogP contribution in [-0.4, -0.2) is 18.0 Å². The van der Waals surface area contributed by atoms with Gasteiger partial charge in [0, 0.05) is 20.1 Å². The Labute approximate surface area is 131 Å². The molecule has 0 spiro atoms. The van der Waals surface area contributed by atoms with E-state index in [2.05, 4.69) is 11.4 Å². The lowest BCUT2D eigenvalue weighted by molar-refractivity contribution is 0.206. The van der Waals surface area contributed by atoms with Crippen molar-refractivity contribution in [1.29, 1.82) is 5.26 Å². The molecule has 0 heterocycles. The van der Waals surface area contributed by atoms with Gasteiger partial charge >= 0.3 is 6.03 Å². The summed E-state index contributed by atoms with van der Waals surface area (Å²) < 4.78 is 0. The monoisotopic (exact) mass is 293 g/mol. The van der Waals surface area contributed by atoms with Crippen LogP contribution in [0, 0.1) is 18.3 Å². The van der Waals surface area contributed by atoms with Crippen LogP contribution < -0.4 is 5.32 Å². The van der Waals surface area contributed by atoms with Gasteiger partial charge in [-0.1, -0.05) is 36.4 Å². The number of carbonyl (C=O) groups excluding carboxylic acids is 1. The molecule has 0 saturated carbocycles. The van der Waals surface area contributed by atoms with Gasteiger partial charge in [0.25, 0.3) is 0 Å². The van der Waals surface area contributed by atoms with E-state index in [9.17, 15) is 4.79 Å². The summed E-state index contributed by atoms with van der Waals surface area (Å²) in [5.41, 5.74) is 3.89. The Hall–Kier alpha value is -2.80. The van der Waals surface area contributed by atoms with Crippen molar-refractivity contribution in [2.45, 2.75) is 20.0 Å². The molecule has 0 aromatic heterocycles. The summed E-state index contributed by atoms with van der Waals surface area (Å²) in [5.74, 6) is 0. The molecule has 0 bridgehead atoms. The first-order valence-corrected chi connectivity index (χ1v) is 7.12. The van der Waals surface area contributed by atoms with E-state index >= 15 is 0 Å². The van der Waals surface area contributed by atoms with Gasteiger partial charge in [0.2, 0.25) is 0 Å². The third-order valence-electron chi connectivity index (χ3n) is 3.54. The lowest BCUT2D eigenvalue weighted by atomic mass is 10.1. The average Bonchev–Trinajstić information content (AvgIpc) is 2.54. The predicted molar refractivity (Wildman–Crippen MR) is 86.0 cm³/mol. The van der Waals surface area contributed by atoms with Crippen LogP contribution in [0.2, 0.25) is 0 Å². The standard InChI is InChI=1S/C18H19N3O/c1-14-5-3-4-6-17(14)12-20-18(22)21(2)13-16-9-7-15(11-19)8-10-16/h3-10H,12-13H2,1-2H3,(H,20,22). The second kappa shape index (κ2) is 7.28. The van der Waals surface area contributed by atoms with Crippen LogP contribution in [0.25, 0.3) is 0 Å². The van der Waals surface area contributed by atoms with Crippen LogP contribution in [0.1, 0.15) is 22.3 Å². The fourth-order valence-corrected chi connectivity index (χ4v) is 2.14. The van der Waals surface area contributed by atoms with Gasteiger partial charge in [-0.05, 0) is 35.7 Å². The summed E-state index contributed by atoms with van der Waals surface area (Å²) in [6.45, 7) is 3.05.